The number of rotatable bonds is 5. The van der Waals surface area contributed by atoms with Gasteiger partial charge in [-0.2, -0.15) is 0 Å². The van der Waals surface area contributed by atoms with Crippen molar-refractivity contribution < 1.29 is 0 Å². The number of aromatic nitrogens is 1. The monoisotopic (exact) mass is 321 g/mol. The lowest BCUT2D eigenvalue weighted by molar-refractivity contribution is 0.131. The van der Waals surface area contributed by atoms with Gasteiger partial charge in [-0.3, -0.25) is 9.80 Å². The van der Waals surface area contributed by atoms with Gasteiger partial charge in [0.05, 0.1) is 5.69 Å². The quantitative estimate of drug-likeness (QED) is 0.771. The zero-order valence-corrected chi connectivity index (χ0v) is 14.6. The molecule has 0 unspecified atom stereocenters. The van der Waals surface area contributed by atoms with E-state index in [0.29, 0.717) is 17.1 Å². The average Bonchev–Trinajstić information content (AvgIpc) is 3.28. The van der Waals surface area contributed by atoms with Crippen molar-refractivity contribution in [2.24, 2.45) is 11.8 Å². The summed E-state index contributed by atoms with van der Waals surface area (Å²) in [6, 6.07) is 6.61. The molecule has 1 aliphatic heterocycles. The Hall–Kier alpha value is -0.640. The van der Waals surface area contributed by atoms with Crippen LogP contribution < -0.4 is 0 Å². The van der Waals surface area contributed by atoms with Crippen LogP contribution in [0.25, 0.3) is 0 Å². The SMILES string of the molecule is CC(C)[C@H]1CN(Cc2cccc(Cl)n2)CCCN1CC1CC1. The Morgan fingerprint density at radius 1 is 1.27 bits per heavy atom. The highest BCUT2D eigenvalue weighted by Gasteiger charge is 2.32. The predicted molar refractivity (Wildman–Crippen MR) is 92.1 cm³/mol. The molecule has 1 saturated carbocycles. The molecule has 1 aromatic rings. The molecule has 2 fully saturated rings. The van der Waals surface area contributed by atoms with Gasteiger partial charge in [0, 0.05) is 25.7 Å². The van der Waals surface area contributed by atoms with Crippen molar-refractivity contribution in [2.45, 2.75) is 45.7 Å². The minimum absolute atomic E-state index is 0.600. The third-order valence-electron chi connectivity index (χ3n) is 4.95. The number of nitrogens with zero attached hydrogens (tertiary/aromatic N) is 3. The van der Waals surface area contributed by atoms with Crippen molar-refractivity contribution in [1.82, 2.24) is 14.8 Å². The van der Waals surface area contributed by atoms with Gasteiger partial charge in [-0.05, 0) is 56.3 Å². The summed E-state index contributed by atoms with van der Waals surface area (Å²) in [5.74, 6) is 1.68. The molecule has 1 atom stereocenters. The Morgan fingerprint density at radius 2 is 2.09 bits per heavy atom. The van der Waals surface area contributed by atoms with E-state index in [4.69, 9.17) is 11.6 Å². The molecule has 1 aromatic heterocycles. The van der Waals surface area contributed by atoms with Gasteiger partial charge in [0.25, 0.3) is 0 Å². The Kier molecular flexibility index (Phi) is 5.37. The fraction of sp³-hybridized carbons (Fsp3) is 0.722. The lowest BCUT2D eigenvalue weighted by atomic mass is 10.0. The zero-order valence-electron chi connectivity index (χ0n) is 13.8. The first-order chi connectivity index (χ1) is 10.6. The maximum atomic E-state index is 6.02. The number of pyridine rings is 1. The highest BCUT2D eigenvalue weighted by atomic mass is 35.5. The number of hydrogen-bond acceptors (Lipinski definition) is 3. The van der Waals surface area contributed by atoms with Gasteiger partial charge in [-0.15, -0.1) is 0 Å². The van der Waals surface area contributed by atoms with E-state index in [0.717, 1.165) is 24.7 Å². The molecule has 0 radical (unpaired) electrons. The minimum Gasteiger partial charge on any atom is -0.299 e. The lowest BCUT2D eigenvalue weighted by Gasteiger charge is -2.34. The first-order valence-corrected chi connectivity index (χ1v) is 9.07. The molecule has 4 heteroatoms. The molecule has 0 spiro atoms. The second-order valence-electron chi connectivity index (χ2n) is 7.29. The van der Waals surface area contributed by atoms with Crippen LogP contribution in [0.1, 0.15) is 38.8 Å². The van der Waals surface area contributed by atoms with E-state index >= 15 is 0 Å². The van der Waals surface area contributed by atoms with E-state index in [-0.39, 0.29) is 0 Å². The standard InChI is InChI=1S/C18H28ClN3/c1-14(2)17-13-21(12-16-5-3-6-18(19)20-16)9-4-10-22(17)11-15-7-8-15/h3,5-6,14-15,17H,4,7-13H2,1-2H3/t17-/m1/s1. The van der Waals surface area contributed by atoms with Crippen molar-refractivity contribution in [1.29, 1.82) is 0 Å². The zero-order chi connectivity index (χ0) is 15.5. The molecule has 22 heavy (non-hydrogen) atoms. The van der Waals surface area contributed by atoms with Crippen LogP contribution in [0.2, 0.25) is 5.15 Å². The van der Waals surface area contributed by atoms with Crippen LogP contribution in [0, 0.1) is 11.8 Å². The van der Waals surface area contributed by atoms with Crippen molar-refractivity contribution >= 4 is 11.6 Å². The van der Waals surface area contributed by atoms with Gasteiger partial charge in [0.2, 0.25) is 0 Å². The van der Waals surface area contributed by atoms with E-state index in [2.05, 4.69) is 34.7 Å². The molecule has 0 amide bonds. The summed E-state index contributed by atoms with van der Waals surface area (Å²) < 4.78 is 0. The molecule has 2 aliphatic rings. The van der Waals surface area contributed by atoms with Crippen molar-refractivity contribution in [3.63, 3.8) is 0 Å². The van der Waals surface area contributed by atoms with E-state index in [1.54, 1.807) is 0 Å². The maximum Gasteiger partial charge on any atom is 0.129 e. The van der Waals surface area contributed by atoms with E-state index in [1.165, 1.54) is 38.9 Å². The van der Waals surface area contributed by atoms with E-state index in [1.807, 2.05) is 12.1 Å². The van der Waals surface area contributed by atoms with Gasteiger partial charge in [-0.25, -0.2) is 4.98 Å². The molecule has 0 aromatic carbocycles. The van der Waals surface area contributed by atoms with Crippen LogP contribution in [0.15, 0.2) is 18.2 Å². The summed E-state index contributed by atoms with van der Waals surface area (Å²) in [4.78, 5) is 9.78. The van der Waals surface area contributed by atoms with Crippen LogP contribution in [0.4, 0.5) is 0 Å². The smallest absolute Gasteiger partial charge is 0.129 e. The van der Waals surface area contributed by atoms with Gasteiger partial charge >= 0.3 is 0 Å². The van der Waals surface area contributed by atoms with Crippen LogP contribution in [-0.4, -0.2) is 47.0 Å². The third kappa shape index (κ3) is 4.43. The van der Waals surface area contributed by atoms with E-state index in [9.17, 15) is 0 Å². The first-order valence-electron chi connectivity index (χ1n) is 8.69. The molecule has 122 valence electrons. The van der Waals surface area contributed by atoms with Crippen molar-refractivity contribution in [3.8, 4) is 0 Å². The normalized spacial score (nSPS) is 24.6. The second-order valence-corrected chi connectivity index (χ2v) is 7.68. The van der Waals surface area contributed by atoms with Crippen molar-refractivity contribution in [3.05, 3.63) is 29.0 Å². The summed E-state index contributed by atoms with van der Waals surface area (Å²) in [6.07, 6.45) is 4.14. The van der Waals surface area contributed by atoms with Gasteiger partial charge in [0.15, 0.2) is 0 Å². The van der Waals surface area contributed by atoms with E-state index < -0.39 is 0 Å². The number of halogens is 1. The molecule has 2 heterocycles. The average molecular weight is 322 g/mol. The summed E-state index contributed by atoms with van der Waals surface area (Å²) in [5, 5.41) is 0.600. The fourth-order valence-electron chi connectivity index (χ4n) is 3.54. The van der Waals surface area contributed by atoms with Gasteiger partial charge in [-0.1, -0.05) is 31.5 Å². The second kappa shape index (κ2) is 7.29. The lowest BCUT2D eigenvalue weighted by Crippen LogP contribution is -2.45. The third-order valence-corrected chi connectivity index (χ3v) is 5.16. The molecule has 0 bridgehead atoms. The topological polar surface area (TPSA) is 19.4 Å². The molecular formula is C18H28ClN3. The first kappa shape index (κ1) is 16.2. The Bertz CT molecular complexity index is 487. The Labute approximate surface area is 139 Å². The van der Waals surface area contributed by atoms with Crippen molar-refractivity contribution in [2.75, 3.05) is 26.2 Å². The maximum absolute atomic E-state index is 6.02. The molecule has 3 nitrogen and oxygen atoms in total. The largest absolute Gasteiger partial charge is 0.299 e. The fourth-order valence-corrected chi connectivity index (χ4v) is 3.72. The Morgan fingerprint density at radius 3 is 2.77 bits per heavy atom. The van der Waals surface area contributed by atoms with Gasteiger partial charge in [0.1, 0.15) is 5.15 Å². The van der Waals surface area contributed by atoms with Crippen LogP contribution >= 0.6 is 11.6 Å². The molecule has 0 N–H and O–H groups in total. The summed E-state index contributed by atoms with van der Waals surface area (Å²) >= 11 is 6.02. The summed E-state index contributed by atoms with van der Waals surface area (Å²) in [7, 11) is 0. The van der Waals surface area contributed by atoms with Crippen LogP contribution in [0.5, 0.6) is 0 Å². The molecule has 1 aliphatic carbocycles. The molecule has 3 rings (SSSR count). The summed E-state index contributed by atoms with van der Waals surface area (Å²) in [5.41, 5.74) is 1.09. The highest BCUT2D eigenvalue weighted by molar-refractivity contribution is 6.29. The highest BCUT2D eigenvalue weighted by Crippen LogP contribution is 2.32. The van der Waals surface area contributed by atoms with Crippen LogP contribution in [-0.2, 0) is 6.54 Å². The Balaban J connectivity index is 1.65. The predicted octanol–water partition coefficient (Wildman–Crippen LogP) is 3.68. The minimum atomic E-state index is 0.600. The number of hydrogen-bond donors (Lipinski definition) is 0. The summed E-state index contributed by atoms with van der Waals surface area (Å²) in [6.45, 7) is 10.5. The van der Waals surface area contributed by atoms with Gasteiger partial charge < -0.3 is 0 Å². The molecule has 1 saturated heterocycles. The molecular weight excluding hydrogens is 294 g/mol. The van der Waals surface area contributed by atoms with Crippen LogP contribution in [0.3, 0.4) is 0 Å².